The van der Waals surface area contributed by atoms with Crippen LogP contribution in [0, 0.1) is 0 Å². The molecule has 3 heterocycles. The van der Waals surface area contributed by atoms with E-state index < -0.39 is 11.8 Å². The number of ketones is 2. The van der Waals surface area contributed by atoms with Crippen molar-refractivity contribution in [3.8, 4) is 22.3 Å². The maximum absolute atomic E-state index is 15.5. The number of benzene rings is 10. The van der Waals surface area contributed by atoms with Crippen molar-refractivity contribution in [2.24, 2.45) is 0 Å². The van der Waals surface area contributed by atoms with Crippen molar-refractivity contribution in [3.63, 3.8) is 0 Å². The third-order valence-corrected chi connectivity index (χ3v) is 16.8. The number of furan rings is 1. The summed E-state index contributed by atoms with van der Waals surface area (Å²) >= 11 is 0. The Hall–Kier alpha value is -8.86. The fraction of sp³-hybridized carbons (Fsp3) is 0.0606. The Morgan fingerprint density at radius 2 is 0.771 bits per heavy atom. The van der Waals surface area contributed by atoms with Gasteiger partial charge < -0.3 is 8.82 Å². The van der Waals surface area contributed by atoms with Crippen LogP contribution in [0.1, 0.15) is 100 Å². The summed E-state index contributed by atoms with van der Waals surface area (Å²) in [5.41, 5.74) is 21.9. The van der Waals surface area contributed by atoms with Crippen molar-refractivity contribution in [2.45, 2.75) is 23.7 Å². The van der Waals surface area contributed by atoms with E-state index >= 15 is 9.59 Å². The highest BCUT2D eigenvalue weighted by atomic mass is 16.3. The lowest BCUT2D eigenvalue weighted by molar-refractivity contribution is 0.0966. The lowest BCUT2D eigenvalue weighted by atomic mass is 9.72. The second-order valence-electron chi connectivity index (χ2n) is 20.0. The zero-order valence-electron chi connectivity index (χ0n) is 37.5. The van der Waals surface area contributed by atoms with Crippen LogP contribution in [0.25, 0.3) is 82.3 Å². The fourth-order valence-corrected chi connectivity index (χ4v) is 14.1. The zero-order valence-corrected chi connectivity index (χ0v) is 37.5. The number of carbonyl (C=O) groups is 2. The van der Waals surface area contributed by atoms with E-state index in [0.717, 1.165) is 127 Å². The van der Waals surface area contributed by atoms with Crippen LogP contribution in [-0.4, -0.2) is 16.0 Å². The maximum Gasteiger partial charge on any atom is 0.175 e. The molecule has 4 bridgehead atoms. The summed E-state index contributed by atoms with van der Waals surface area (Å²) in [6.07, 6.45) is 0. The summed E-state index contributed by atoms with van der Waals surface area (Å²) in [6, 6.07) is 71.5. The van der Waals surface area contributed by atoms with Crippen molar-refractivity contribution in [1.82, 2.24) is 4.40 Å². The molecule has 0 aliphatic heterocycles. The van der Waals surface area contributed by atoms with Gasteiger partial charge in [0.1, 0.15) is 11.2 Å². The molecule has 10 aromatic carbocycles. The van der Waals surface area contributed by atoms with Crippen molar-refractivity contribution >= 4 is 71.6 Å². The molecule has 0 atom stereocenters. The molecular weight excluding hydrogens is 855 g/mol. The van der Waals surface area contributed by atoms with Gasteiger partial charge in [-0.05, 0) is 121 Å². The first-order valence-corrected chi connectivity index (χ1v) is 24.4. The summed E-state index contributed by atoms with van der Waals surface area (Å²) in [5.74, 6) is -0.738. The Labute approximate surface area is 401 Å². The van der Waals surface area contributed by atoms with Crippen molar-refractivity contribution in [3.05, 3.63) is 267 Å². The van der Waals surface area contributed by atoms with Crippen LogP contribution in [-0.2, 0) is 0 Å². The molecule has 4 heteroatoms. The van der Waals surface area contributed by atoms with Gasteiger partial charge in [0, 0.05) is 60.8 Å². The van der Waals surface area contributed by atoms with Crippen LogP contribution in [0.2, 0.25) is 0 Å². The minimum atomic E-state index is -0.395. The van der Waals surface area contributed by atoms with E-state index in [9.17, 15) is 0 Å². The smallest absolute Gasteiger partial charge is 0.175 e. The summed E-state index contributed by atoms with van der Waals surface area (Å²) in [6.45, 7) is 0. The van der Waals surface area contributed by atoms with E-state index in [1.54, 1.807) is 0 Å². The minimum absolute atomic E-state index is 0.103. The van der Waals surface area contributed by atoms with Crippen LogP contribution >= 0.6 is 0 Å². The number of carbonyl (C=O) groups excluding carboxylic acids is 2. The Morgan fingerprint density at radius 3 is 1.27 bits per heavy atom. The summed E-state index contributed by atoms with van der Waals surface area (Å²) in [5, 5.41) is 6.53. The molecule has 6 aliphatic rings. The zero-order chi connectivity index (χ0) is 45.7. The molecule has 324 valence electrons. The molecule has 0 spiro atoms. The Kier molecular flexibility index (Phi) is 6.91. The van der Waals surface area contributed by atoms with Crippen molar-refractivity contribution < 1.29 is 14.0 Å². The van der Waals surface area contributed by atoms with Crippen molar-refractivity contribution in [2.75, 3.05) is 0 Å². The summed E-state index contributed by atoms with van der Waals surface area (Å²) in [4.78, 5) is 30.9. The van der Waals surface area contributed by atoms with Crippen LogP contribution < -0.4 is 0 Å². The molecule has 0 fully saturated rings. The van der Waals surface area contributed by atoms with E-state index in [0.29, 0.717) is 0 Å². The Morgan fingerprint density at radius 1 is 0.329 bits per heavy atom. The van der Waals surface area contributed by atoms with Gasteiger partial charge in [-0.1, -0.05) is 152 Å². The van der Waals surface area contributed by atoms with E-state index in [1.165, 1.54) is 22.3 Å². The predicted octanol–water partition coefficient (Wildman–Crippen LogP) is 15.7. The number of hydrogen-bond acceptors (Lipinski definition) is 3. The molecule has 0 N–H and O–H groups in total. The fourth-order valence-electron chi connectivity index (χ4n) is 14.1. The number of para-hydroxylation sites is 1. The molecule has 6 aliphatic carbocycles. The Balaban J connectivity index is 1.04. The minimum Gasteiger partial charge on any atom is -0.456 e. The topological polar surface area (TPSA) is 51.7 Å². The first-order chi connectivity index (χ1) is 34.6. The van der Waals surface area contributed by atoms with Gasteiger partial charge in [0.2, 0.25) is 0 Å². The molecule has 0 unspecified atom stereocenters. The van der Waals surface area contributed by atoms with Crippen molar-refractivity contribution in [1.29, 1.82) is 0 Å². The van der Waals surface area contributed by atoms with Gasteiger partial charge in [0.05, 0.1) is 28.4 Å². The molecule has 4 nitrogen and oxygen atoms in total. The van der Waals surface area contributed by atoms with E-state index in [-0.39, 0.29) is 23.4 Å². The second-order valence-corrected chi connectivity index (χ2v) is 20.0. The normalized spacial score (nSPS) is 18.3. The molecule has 70 heavy (non-hydrogen) atoms. The molecule has 0 saturated carbocycles. The maximum atomic E-state index is 15.5. The van der Waals surface area contributed by atoms with Crippen LogP contribution in [0.3, 0.4) is 0 Å². The molecule has 3 aromatic heterocycles. The van der Waals surface area contributed by atoms with Crippen LogP contribution in [0.15, 0.2) is 205 Å². The number of fused-ring (bicyclic) bond motifs is 9. The standard InChI is InChI=1S/C66H37NO3/c68-65-52-32-54-46(30-48(52)59-37-16-4-8-20-41(37)61(65)42-21-9-5-17-38(42)59)50-28-35(58-36(34-14-2-1-3-15-34)26-27-57-63(58)45-24-12-13-25-56(45)70-57)29-51-47-31-49-53(33-55(47)67(54)64(50)51)66(69)62-43-22-10-6-18-39(43)60(49)40-19-7-11-23-44(40)62/h1-33,59-62H. The van der Waals surface area contributed by atoms with Gasteiger partial charge in [-0.25, -0.2) is 0 Å². The number of nitrogens with zero attached hydrogens (tertiary/aromatic N) is 1. The van der Waals surface area contributed by atoms with Gasteiger partial charge in [-0.3, -0.25) is 9.59 Å². The SMILES string of the molecule is O=C1c2cc3c(cc2C2c4ccccc4C1c1ccccc12)c1cc(-c2c(-c4ccccc4)ccc4oc5ccccc5c24)cc2c4cc5c(cc4n3c12)C(=O)C1c2ccccc2C5c2ccccc21. The molecule has 0 amide bonds. The van der Waals surface area contributed by atoms with E-state index in [2.05, 4.69) is 199 Å². The highest BCUT2D eigenvalue weighted by molar-refractivity contribution is 6.28. The number of rotatable bonds is 2. The monoisotopic (exact) mass is 891 g/mol. The lowest BCUT2D eigenvalue weighted by Gasteiger charge is -2.30. The second kappa shape index (κ2) is 13.0. The van der Waals surface area contributed by atoms with Crippen LogP contribution in [0.5, 0.6) is 0 Å². The molecule has 13 aromatic rings. The quantitative estimate of drug-likeness (QED) is 0.174. The molecule has 19 rings (SSSR count). The first-order valence-electron chi connectivity index (χ1n) is 24.4. The van der Waals surface area contributed by atoms with Gasteiger partial charge in [-0.2, -0.15) is 0 Å². The first kappa shape index (κ1) is 37.2. The molecular formula is C66H37NO3. The lowest BCUT2D eigenvalue weighted by Crippen LogP contribution is -2.19. The van der Waals surface area contributed by atoms with Crippen LogP contribution in [0.4, 0.5) is 0 Å². The van der Waals surface area contributed by atoms with Gasteiger partial charge in [0.15, 0.2) is 11.6 Å². The highest BCUT2D eigenvalue weighted by Gasteiger charge is 2.45. The third kappa shape index (κ3) is 4.48. The van der Waals surface area contributed by atoms with E-state index in [4.69, 9.17) is 4.42 Å². The number of aromatic nitrogens is 1. The third-order valence-electron chi connectivity index (χ3n) is 16.8. The largest absolute Gasteiger partial charge is 0.456 e. The summed E-state index contributed by atoms with van der Waals surface area (Å²) in [7, 11) is 0. The number of Topliss-reactive ketones (excluding diaryl/α,β-unsaturated/α-hetero) is 2. The Bertz CT molecular complexity index is 4250. The van der Waals surface area contributed by atoms with E-state index in [1.807, 2.05) is 6.07 Å². The molecule has 0 radical (unpaired) electrons. The average Bonchev–Trinajstić information content (AvgIpc) is 3.97. The van der Waals surface area contributed by atoms with Gasteiger partial charge >= 0.3 is 0 Å². The predicted molar refractivity (Wildman–Crippen MR) is 279 cm³/mol. The van der Waals surface area contributed by atoms with Gasteiger partial charge in [0.25, 0.3) is 0 Å². The average molecular weight is 892 g/mol. The highest BCUT2D eigenvalue weighted by Crippen LogP contribution is 2.56. The van der Waals surface area contributed by atoms with Gasteiger partial charge in [-0.15, -0.1) is 0 Å². The molecule has 0 saturated heterocycles. The summed E-state index contributed by atoms with van der Waals surface area (Å²) < 4.78 is 9.02. The number of hydrogen-bond donors (Lipinski definition) is 0.